The first-order chi connectivity index (χ1) is 14.5. The fourth-order valence-electron chi connectivity index (χ4n) is 2.75. The standard InChI is InChI=1S/C19H12F4N4O4/c1-10-8-16(28)17(18(29)24-14-9-11(27(30)31)6-7-13(14)20)25-26(10)15-5-3-2-4-12(15)19(21,22)23/h2-9H,1H3,(H,24,29). The summed E-state index contributed by atoms with van der Waals surface area (Å²) in [6.45, 7) is 1.32. The summed E-state index contributed by atoms with van der Waals surface area (Å²) in [5, 5.41) is 16.6. The number of anilines is 1. The van der Waals surface area contributed by atoms with E-state index < -0.39 is 56.6 Å². The van der Waals surface area contributed by atoms with Crippen LogP contribution in [0.4, 0.5) is 28.9 Å². The lowest BCUT2D eigenvalue weighted by Gasteiger charge is -2.16. The number of hydrogen-bond acceptors (Lipinski definition) is 5. The number of nitrogens with zero attached hydrogens (tertiary/aromatic N) is 3. The number of non-ortho nitro benzene ring substituents is 1. The van der Waals surface area contributed by atoms with Crippen LogP contribution in [0, 0.1) is 22.9 Å². The van der Waals surface area contributed by atoms with E-state index in [9.17, 15) is 37.3 Å². The smallest absolute Gasteiger partial charge is 0.318 e. The molecule has 3 aromatic rings. The maximum Gasteiger partial charge on any atom is 0.418 e. The van der Waals surface area contributed by atoms with E-state index in [1.54, 1.807) is 0 Å². The summed E-state index contributed by atoms with van der Waals surface area (Å²) in [7, 11) is 0. The molecule has 0 atom stereocenters. The molecule has 0 aliphatic heterocycles. The lowest BCUT2D eigenvalue weighted by Crippen LogP contribution is -2.28. The van der Waals surface area contributed by atoms with Gasteiger partial charge in [0.25, 0.3) is 11.6 Å². The first kappa shape index (κ1) is 21.6. The topological polar surface area (TPSA) is 107 Å². The normalized spacial score (nSPS) is 11.3. The van der Waals surface area contributed by atoms with E-state index in [1.165, 1.54) is 19.1 Å². The highest BCUT2D eigenvalue weighted by atomic mass is 19.4. The van der Waals surface area contributed by atoms with Crippen molar-refractivity contribution in [1.29, 1.82) is 0 Å². The molecule has 0 saturated carbocycles. The molecule has 1 heterocycles. The van der Waals surface area contributed by atoms with Gasteiger partial charge in [0.1, 0.15) is 5.82 Å². The number of aryl methyl sites for hydroxylation is 1. The third kappa shape index (κ3) is 4.42. The first-order valence-corrected chi connectivity index (χ1v) is 8.52. The Kier molecular flexibility index (Phi) is 5.56. The molecule has 12 heteroatoms. The lowest BCUT2D eigenvalue weighted by molar-refractivity contribution is -0.384. The number of nitrogens with one attached hydrogen (secondary N) is 1. The minimum atomic E-state index is -4.73. The second kappa shape index (κ2) is 7.97. The average molecular weight is 436 g/mol. The molecule has 2 aromatic carbocycles. The molecule has 1 amide bonds. The third-order valence-electron chi connectivity index (χ3n) is 4.17. The first-order valence-electron chi connectivity index (χ1n) is 8.52. The lowest BCUT2D eigenvalue weighted by atomic mass is 10.1. The van der Waals surface area contributed by atoms with Crippen LogP contribution in [0.25, 0.3) is 5.69 Å². The number of carbonyl (C=O) groups is 1. The molecule has 1 aromatic heterocycles. The largest absolute Gasteiger partial charge is 0.418 e. The summed E-state index contributed by atoms with van der Waals surface area (Å²) in [5.41, 5.74) is -4.34. The number of carbonyl (C=O) groups excluding carboxylic acids is 1. The fraction of sp³-hybridized carbons (Fsp3) is 0.105. The summed E-state index contributed by atoms with van der Waals surface area (Å²) in [6, 6.07) is 7.66. The molecule has 0 aliphatic rings. The van der Waals surface area contributed by atoms with Gasteiger partial charge in [-0.25, -0.2) is 9.07 Å². The van der Waals surface area contributed by atoms with E-state index in [0.717, 1.165) is 41.1 Å². The highest BCUT2D eigenvalue weighted by Gasteiger charge is 2.34. The molecule has 31 heavy (non-hydrogen) atoms. The zero-order valence-corrected chi connectivity index (χ0v) is 15.6. The number of para-hydroxylation sites is 1. The van der Waals surface area contributed by atoms with Crippen LogP contribution in [0.5, 0.6) is 0 Å². The highest BCUT2D eigenvalue weighted by molar-refractivity contribution is 6.02. The molecule has 0 aliphatic carbocycles. The molecular weight excluding hydrogens is 424 g/mol. The van der Waals surface area contributed by atoms with Crippen molar-refractivity contribution in [3.05, 3.63) is 91.6 Å². The number of aromatic nitrogens is 2. The molecule has 0 fully saturated rings. The second-order valence-corrected chi connectivity index (χ2v) is 6.30. The van der Waals surface area contributed by atoms with Crippen molar-refractivity contribution < 1.29 is 27.3 Å². The van der Waals surface area contributed by atoms with Gasteiger partial charge in [-0.15, -0.1) is 0 Å². The van der Waals surface area contributed by atoms with Gasteiger partial charge < -0.3 is 5.32 Å². The van der Waals surface area contributed by atoms with Crippen molar-refractivity contribution in [2.24, 2.45) is 0 Å². The SMILES string of the molecule is Cc1cc(=O)c(C(=O)Nc2cc([N+](=O)[O-])ccc2F)nn1-c1ccccc1C(F)(F)F. The van der Waals surface area contributed by atoms with Crippen LogP contribution >= 0.6 is 0 Å². The van der Waals surface area contributed by atoms with E-state index >= 15 is 0 Å². The maximum atomic E-state index is 13.9. The van der Waals surface area contributed by atoms with E-state index in [0.29, 0.717) is 0 Å². The highest BCUT2D eigenvalue weighted by Crippen LogP contribution is 2.33. The molecule has 0 radical (unpaired) electrons. The van der Waals surface area contributed by atoms with E-state index in [1.807, 2.05) is 5.32 Å². The number of nitro groups is 1. The Morgan fingerprint density at radius 2 is 1.84 bits per heavy atom. The van der Waals surface area contributed by atoms with Gasteiger partial charge in [0.05, 0.1) is 21.9 Å². The molecule has 3 rings (SSSR count). The molecule has 0 spiro atoms. The molecule has 0 bridgehead atoms. The number of nitro benzene ring substituents is 1. The Hall–Kier alpha value is -4.09. The molecule has 1 N–H and O–H groups in total. The summed E-state index contributed by atoms with van der Waals surface area (Å²) < 4.78 is 54.8. The van der Waals surface area contributed by atoms with Crippen LogP contribution in [0.15, 0.2) is 53.3 Å². The Balaban J connectivity index is 2.08. The zero-order valence-electron chi connectivity index (χ0n) is 15.6. The van der Waals surface area contributed by atoms with Crippen molar-refractivity contribution in [3.63, 3.8) is 0 Å². The van der Waals surface area contributed by atoms with Crippen LogP contribution in [0.3, 0.4) is 0 Å². The number of benzene rings is 2. The Morgan fingerprint density at radius 3 is 2.48 bits per heavy atom. The number of rotatable bonds is 4. The minimum Gasteiger partial charge on any atom is -0.318 e. The van der Waals surface area contributed by atoms with Gasteiger partial charge >= 0.3 is 6.18 Å². The molecule has 0 unspecified atom stereocenters. The zero-order chi connectivity index (χ0) is 22.9. The second-order valence-electron chi connectivity index (χ2n) is 6.30. The quantitative estimate of drug-likeness (QED) is 0.380. The average Bonchev–Trinajstić information content (AvgIpc) is 2.68. The van der Waals surface area contributed by atoms with E-state index in [4.69, 9.17) is 0 Å². The monoisotopic (exact) mass is 436 g/mol. The van der Waals surface area contributed by atoms with Gasteiger partial charge in [0, 0.05) is 23.9 Å². The summed E-state index contributed by atoms with van der Waals surface area (Å²) >= 11 is 0. The Labute approximate surface area is 170 Å². The van der Waals surface area contributed by atoms with Crippen molar-refractivity contribution >= 4 is 17.3 Å². The van der Waals surface area contributed by atoms with Crippen LogP contribution < -0.4 is 10.7 Å². The van der Waals surface area contributed by atoms with E-state index in [2.05, 4.69) is 5.10 Å². The fourth-order valence-corrected chi connectivity index (χ4v) is 2.75. The van der Waals surface area contributed by atoms with Crippen LogP contribution in [-0.4, -0.2) is 20.6 Å². The van der Waals surface area contributed by atoms with Gasteiger partial charge in [0.2, 0.25) is 5.43 Å². The predicted molar refractivity (Wildman–Crippen MR) is 101 cm³/mol. The van der Waals surface area contributed by atoms with Crippen molar-refractivity contribution in [1.82, 2.24) is 9.78 Å². The van der Waals surface area contributed by atoms with Crippen molar-refractivity contribution in [3.8, 4) is 5.69 Å². The van der Waals surface area contributed by atoms with Gasteiger partial charge in [-0.1, -0.05) is 12.1 Å². The van der Waals surface area contributed by atoms with Crippen molar-refractivity contribution in [2.45, 2.75) is 13.1 Å². The summed E-state index contributed by atoms with van der Waals surface area (Å²) in [5.74, 6) is -2.27. The predicted octanol–water partition coefficient (Wildman–Crippen LogP) is 3.86. The Morgan fingerprint density at radius 1 is 1.16 bits per heavy atom. The minimum absolute atomic E-state index is 0.0137. The number of hydrogen-bond donors (Lipinski definition) is 1. The van der Waals surface area contributed by atoms with Gasteiger partial charge in [-0.3, -0.25) is 19.7 Å². The number of halogens is 4. The summed E-state index contributed by atoms with van der Waals surface area (Å²) in [6.07, 6.45) is -4.73. The summed E-state index contributed by atoms with van der Waals surface area (Å²) in [4.78, 5) is 34.8. The number of alkyl halides is 3. The van der Waals surface area contributed by atoms with Gasteiger partial charge in [-0.05, 0) is 25.1 Å². The van der Waals surface area contributed by atoms with Gasteiger partial charge in [0.15, 0.2) is 5.69 Å². The van der Waals surface area contributed by atoms with Gasteiger partial charge in [-0.2, -0.15) is 18.3 Å². The van der Waals surface area contributed by atoms with E-state index in [-0.39, 0.29) is 5.69 Å². The third-order valence-corrected chi connectivity index (χ3v) is 4.17. The number of amides is 1. The van der Waals surface area contributed by atoms with Crippen LogP contribution in [-0.2, 0) is 6.18 Å². The maximum absolute atomic E-state index is 13.9. The van der Waals surface area contributed by atoms with Crippen molar-refractivity contribution in [2.75, 3.05) is 5.32 Å². The molecule has 160 valence electrons. The Bertz CT molecular complexity index is 1250. The van der Waals surface area contributed by atoms with Crippen LogP contribution in [0.1, 0.15) is 21.7 Å². The van der Waals surface area contributed by atoms with Crippen LogP contribution in [0.2, 0.25) is 0 Å². The molecule has 8 nitrogen and oxygen atoms in total. The molecular formula is C19H12F4N4O4. The molecule has 0 saturated heterocycles.